The Bertz CT molecular complexity index is 500. The van der Waals surface area contributed by atoms with Crippen molar-refractivity contribution >= 4 is 17.5 Å². The van der Waals surface area contributed by atoms with Crippen LogP contribution in [0.3, 0.4) is 0 Å². The molecule has 0 aromatic carbocycles. The standard InChI is InChI=1S/C11H14N2O4/c1-6-10(7(2)13(3)12-6)8(14)5-9(15)11(16)17-4/h5,14H,1-4H3/b8-5-. The lowest BCUT2D eigenvalue weighted by Crippen LogP contribution is -2.13. The number of methoxy groups -OCH3 is 1. The Hall–Kier alpha value is -2.11. The maximum Gasteiger partial charge on any atom is 0.378 e. The van der Waals surface area contributed by atoms with Crippen LogP contribution in [0.15, 0.2) is 6.08 Å². The first-order chi connectivity index (χ1) is 7.88. The summed E-state index contributed by atoms with van der Waals surface area (Å²) in [4.78, 5) is 22.2. The van der Waals surface area contributed by atoms with Crippen molar-refractivity contribution in [3.63, 3.8) is 0 Å². The van der Waals surface area contributed by atoms with Crippen molar-refractivity contribution in [2.75, 3.05) is 7.11 Å². The van der Waals surface area contributed by atoms with Gasteiger partial charge in [0.05, 0.1) is 18.4 Å². The summed E-state index contributed by atoms with van der Waals surface area (Å²) in [6.45, 7) is 3.46. The number of aliphatic hydroxyl groups is 1. The zero-order valence-electron chi connectivity index (χ0n) is 10.1. The number of nitrogens with zero attached hydrogens (tertiary/aromatic N) is 2. The van der Waals surface area contributed by atoms with Gasteiger partial charge in [-0.3, -0.25) is 9.48 Å². The molecule has 0 unspecified atom stereocenters. The number of carbonyl (C=O) groups is 2. The molecule has 17 heavy (non-hydrogen) atoms. The first kappa shape index (κ1) is 13.0. The average Bonchev–Trinajstić information content (AvgIpc) is 2.51. The van der Waals surface area contributed by atoms with Crippen molar-refractivity contribution < 1.29 is 19.4 Å². The molecular formula is C11H14N2O4. The van der Waals surface area contributed by atoms with E-state index in [1.165, 1.54) is 0 Å². The van der Waals surface area contributed by atoms with E-state index in [9.17, 15) is 14.7 Å². The van der Waals surface area contributed by atoms with Crippen LogP contribution >= 0.6 is 0 Å². The number of aliphatic hydroxyl groups excluding tert-OH is 1. The molecule has 0 fully saturated rings. The van der Waals surface area contributed by atoms with E-state index in [0.29, 0.717) is 17.0 Å². The van der Waals surface area contributed by atoms with Crippen LogP contribution in [0.5, 0.6) is 0 Å². The first-order valence-corrected chi connectivity index (χ1v) is 4.92. The molecule has 0 atom stereocenters. The zero-order chi connectivity index (χ0) is 13.2. The monoisotopic (exact) mass is 238 g/mol. The summed E-state index contributed by atoms with van der Waals surface area (Å²) >= 11 is 0. The van der Waals surface area contributed by atoms with Crippen LogP contribution in [0.2, 0.25) is 0 Å². The number of rotatable bonds is 3. The minimum atomic E-state index is -1.02. The van der Waals surface area contributed by atoms with Crippen molar-refractivity contribution in [1.82, 2.24) is 9.78 Å². The number of aryl methyl sites for hydroxylation is 2. The summed E-state index contributed by atoms with van der Waals surface area (Å²) in [5.41, 5.74) is 1.73. The van der Waals surface area contributed by atoms with Crippen LogP contribution in [0.4, 0.5) is 0 Å². The first-order valence-electron chi connectivity index (χ1n) is 4.92. The Morgan fingerprint density at radius 3 is 2.41 bits per heavy atom. The number of carbonyl (C=O) groups excluding carboxylic acids is 2. The largest absolute Gasteiger partial charge is 0.507 e. The van der Waals surface area contributed by atoms with Gasteiger partial charge in [-0.15, -0.1) is 0 Å². The molecule has 1 aromatic rings. The molecule has 92 valence electrons. The van der Waals surface area contributed by atoms with Gasteiger partial charge in [-0.25, -0.2) is 4.79 Å². The molecule has 1 N–H and O–H groups in total. The Morgan fingerprint density at radius 1 is 1.41 bits per heavy atom. The normalized spacial score (nSPS) is 11.4. The van der Waals surface area contributed by atoms with Gasteiger partial charge < -0.3 is 9.84 Å². The van der Waals surface area contributed by atoms with Gasteiger partial charge in [0.2, 0.25) is 0 Å². The molecule has 6 nitrogen and oxygen atoms in total. The highest BCUT2D eigenvalue weighted by Gasteiger charge is 2.17. The number of hydrogen-bond donors (Lipinski definition) is 1. The number of ether oxygens (including phenoxy) is 1. The SMILES string of the molecule is COC(=O)C(=O)/C=C(\O)c1c(C)nn(C)c1C. The van der Waals surface area contributed by atoms with Crippen molar-refractivity contribution in [3.05, 3.63) is 23.0 Å². The van der Waals surface area contributed by atoms with E-state index < -0.39 is 11.8 Å². The number of ketones is 1. The van der Waals surface area contributed by atoms with E-state index in [2.05, 4.69) is 9.84 Å². The maximum absolute atomic E-state index is 11.2. The quantitative estimate of drug-likeness (QED) is 0.362. The molecule has 0 aliphatic carbocycles. The highest BCUT2D eigenvalue weighted by Crippen LogP contribution is 2.19. The van der Waals surface area contributed by atoms with E-state index >= 15 is 0 Å². The third kappa shape index (κ3) is 2.52. The van der Waals surface area contributed by atoms with E-state index in [0.717, 1.165) is 13.2 Å². The highest BCUT2D eigenvalue weighted by atomic mass is 16.5. The number of esters is 1. The minimum Gasteiger partial charge on any atom is -0.507 e. The summed E-state index contributed by atoms with van der Waals surface area (Å²) in [6, 6.07) is 0. The van der Waals surface area contributed by atoms with Gasteiger partial charge >= 0.3 is 5.97 Å². The van der Waals surface area contributed by atoms with E-state index in [1.807, 2.05) is 0 Å². The Labute approximate surface area is 98.5 Å². The second-order valence-corrected chi connectivity index (χ2v) is 3.55. The topological polar surface area (TPSA) is 81.4 Å². The summed E-state index contributed by atoms with van der Waals surface area (Å²) in [5, 5.41) is 13.9. The van der Waals surface area contributed by atoms with Crippen LogP contribution in [0, 0.1) is 13.8 Å². The molecule has 1 aromatic heterocycles. The van der Waals surface area contributed by atoms with Gasteiger partial charge in [-0.05, 0) is 13.8 Å². The molecule has 1 heterocycles. The van der Waals surface area contributed by atoms with Crippen LogP contribution in [-0.4, -0.2) is 33.7 Å². The highest BCUT2D eigenvalue weighted by molar-refractivity contribution is 6.39. The van der Waals surface area contributed by atoms with E-state index in [4.69, 9.17) is 0 Å². The lowest BCUT2D eigenvalue weighted by molar-refractivity contribution is -0.149. The van der Waals surface area contributed by atoms with Crippen molar-refractivity contribution in [2.24, 2.45) is 7.05 Å². The van der Waals surface area contributed by atoms with Gasteiger partial charge in [-0.1, -0.05) is 0 Å². The second kappa shape index (κ2) is 4.82. The minimum absolute atomic E-state index is 0.288. The fourth-order valence-corrected chi connectivity index (χ4v) is 1.50. The summed E-state index contributed by atoms with van der Waals surface area (Å²) < 4.78 is 5.83. The van der Waals surface area contributed by atoms with Crippen LogP contribution < -0.4 is 0 Å². The molecule has 0 saturated heterocycles. The van der Waals surface area contributed by atoms with Crippen LogP contribution in [0.1, 0.15) is 17.0 Å². The van der Waals surface area contributed by atoms with Crippen molar-refractivity contribution in [2.45, 2.75) is 13.8 Å². The molecule has 1 rings (SSSR count). The average molecular weight is 238 g/mol. The Kier molecular flexibility index (Phi) is 3.67. The predicted molar refractivity (Wildman–Crippen MR) is 60.3 cm³/mol. The van der Waals surface area contributed by atoms with Crippen molar-refractivity contribution in [1.29, 1.82) is 0 Å². The molecule has 0 aliphatic rings. The van der Waals surface area contributed by atoms with Gasteiger partial charge in [-0.2, -0.15) is 5.10 Å². The smallest absolute Gasteiger partial charge is 0.378 e. The van der Waals surface area contributed by atoms with Gasteiger partial charge in [0.25, 0.3) is 5.78 Å². The summed E-state index contributed by atoms with van der Waals surface area (Å²) in [6.07, 6.45) is 0.836. The fraction of sp³-hybridized carbons (Fsp3) is 0.364. The third-order valence-electron chi connectivity index (χ3n) is 2.42. The second-order valence-electron chi connectivity index (χ2n) is 3.55. The lowest BCUT2D eigenvalue weighted by atomic mass is 10.1. The van der Waals surface area contributed by atoms with Gasteiger partial charge in [0, 0.05) is 18.8 Å². The van der Waals surface area contributed by atoms with E-state index in [1.54, 1.807) is 25.6 Å². The lowest BCUT2D eigenvalue weighted by Gasteiger charge is -2.00. The van der Waals surface area contributed by atoms with Crippen LogP contribution in [-0.2, 0) is 21.4 Å². The molecule has 6 heteroatoms. The van der Waals surface area contributed by atoms with Crippen molar-refractivity contribution in [3.8, 4) is 0 Å². The third-order valence-corrected chi connectivity index (χ3v) is 2.42. The molecular weight excluding hydrogens is 224 g/mol. The summed E-state index contributed by atoms with van der Waals surface area (Å²) in [7, 11) is 2.83. The number of hydrogen-bond acceptors (Lipinski definition) is 5. The Morgan fingerprint density at radius 2 is 2.00 bits per heavy atom. The molecule has 0 spiro atoms. The number of aromatic nitrogens is 2. The predicted octanol–water partition coefficient (Wildman–Crippen LogP) is 0.678. The summed E-state index contributed by atoms with van der Waals surface area (Å²) in [5.74, 6) is -2.22. The molecule has 0 bridgehead atoms. The maximum atomic E-state index is 11.2. The Balaban J connectivity index is 3.12. The molecule has 0 aliphatic heterocycles. The van der Waals surface area contributed by atoms with E-state index in [-0.39, 0.29) is 5.76 Å². The van der Waals surface area contributed by atoms with Gasteiger partial charge in [0.1, 0.15) is 5.76 Å². The molecule has 0 radical (unpaired) electrons. The fourth-order valence-electron chi connectivity index (χ4n) is 1.50. The zero-order valence-corrected chi connectivity index (χ0v) is 10.1. The van der Waals surface area contributed by atoms with Crippen LogP contribution in [0.25, 0.3) is 5.76 Å². The molecule has 0 amide bonds. The molecule has 0 saturated carbocycles. The van der Waals surface area contributed by atoms with Gasteiger partial charge in [0.15, 0.2) is 0 Å².